The predicted octanol–water partition coefficient (Wildman–Crippen LogP) is 10.4. The fraction of sp³-hybridized carbons (Fsp3) is 0. The quantitative estimate of drug-likeness (QED) is 0.204. The lowest BCUT2D eigenvalue weighted by atomic mass is 9.98. The highest BCUT2D eigenvalue weighted by Gasteiger charge is 2.14. The summed E-state index contributed by atoms with van der Waals surface area (Å²) in [6.07, 6.45) is 4.11. The summed E-state index contributed by atoms with van der Waals surface area (Å²) in [6.45, 7) is 0. The number of rotatable bonds is 5. The minimum absolute atomic E-state index is 0.947. The topological polar surface area (TPSA) is 20.5 Å². The van der Waals surface area contributed by atoms with Gasteiger partial charge in [0.1, 0.15) is 5.65 Å². The van der Waals surface area contributed by atoms with Crippen LogP contribution < -0.4 is 4.90 Å². The summed E-state index contributed by atoms with van der Waals surface area (Å²) in [6, 6.07) is 54.0. The highest BCUT2D eigenvalue weighted by atomic mass is 15.1. The van der Waals surface area contributed by atoms with Crippen LogP contribution in [0.25, 0.3) is 49.6 Å². The minimum atomic E-state index is 0.947. The number of fused-ring (bicyclic) bond motifs is 3. The Morgan fingerprint density at radius 2 is 1.00 bits per heavy atom. The van der Waals surface area contributed by atoms with E-state index in [0.717, 1.165) is 34.0 Å². The molecule has 0 atom stereocenters. The first kappa shape index (κ1) is 24.2. The van der Waals surface area contributed by atoms with Crippen LogP contribution in [0.5, 0.6) is 0 Å². The number of benzene rings is 6. The Kier molecular flexibility index (Phi) is 5.79. The smallest absolute Gasteiger partial charge is 0.137 e. The number of para-hydroxylation sites is 1. The van der Waals surface area contributed by atoms with E-state index in [1.54, 1.807) is 0 Å². The van der Waals surface area contributed by atoms with E-state index in [0.29, 0.717) is 0 Å². The van der Waals surface area contributed by atoms with Crippen molar-refractivity contribution >= 4 is 44.3 Å². The number of aromatic nitrogens is 2. The van der Waals surface area contributed by atoms with Gasteiger partial charge in [-0.3, -0.25) is 0 Å². The van der Waals surface area contributed by atoms with Crippen LogP contribution in [0.15, 0.2) is 164 Å². The fourth-order valence-corrected chi connectivity index (χ4v) is 5.80. The Balaban J connectivity index is 1.14. The lowest BCUT2D eigenvalue weighted by Crippen LogP contribution is -2.09. The summed E-state index contributed by atoms with van der Waals surface area (Å²) in [5, 5.41) is 5.06. The highest BCUT2D eigenvalue weighted by molar-refractivity contribution is 5.99. The van der Waals surface area contributed by atoms with E-state index in [9.17, 15) is 0 Å². The summed E-state index contributed by atoms with van der Waals surface area (Å²) in [5.74, 6) is 0. The zero-order chi connectivity index (χ0) is 27.9. The Bertz CT molecular complexity index is 2140. The molecule has 0 fully saturated rings. The van der Waals surface area contributed by atoms with Crippen molar-refractivity contribution < 1.29 is 0 Å². The monoisotopic (exact) mass is 537 g/mol. The standard InChI is InChI=1S/C39H27N3/c1-2-10-35(11-3-1)42(37-21-17-29(18-22-37)38-27-41-23-7-6-12-39(41)40-38)36-19-15-28(16-20-36)32-13-14-33-24-30-8-4-5-9-31(30)25-34(33)26-32/h1-27H. The largest absolute Gasteiger partial charge is 0.311 e. The Labute approximate surface area is 244 Å². The maximum Gasteiger partial charge on any atom is 0.137 e. The SMILES string of the molecule is c1ccc(N(c2ccc(-c3ccc4cc5ccccc5cc4c3)cc2)c2ccc(-c3cn4ccccc4n3)cc2)cc1. The third kappa shape index (κ3) is 4.38. The first-order valence-electron chi connectivity index (χ1n) is 14.2. The molecule has 0 aliphatic carbocycles. The molecule has 0 amide bonds. The van der Waals surface area contributed by atoms with Gasteiger partial charge in [0, 0.05) is 35.0 Å². The predicted molar refractivity (Wildman–Crippen MR) is 176 cm³/mol. The summed E-state index contributed by atoms with van der Waals surface area (Å²) in [4.78, 5) is 7.09. The molecule has 0 spiro atoms. The Morgan fingerprint density at radius 1 is 0.429 bits per heavy atom. The van der Waals surface area contributed by atoms with Crippen LogP contribution in [0.2, 0.25) is 0 Å². The van der Waals surface area contributed by atoms with Crippen molar-refractivity contribution in [2.24, 2.45) is 0 Å². The van der Waals surface area contributed by atoms with Gasteiger partial charge in [-0.1, -0.05) is 84.9 Å². The van der Waals surface area contributed by atoms with Gasteiger partial charge in [-0.25, -0.2) is 4.98 Å². The molecule has 3 heteroatoms. The molecule has 0 saturated heterocycles. The zero-order valence-electron chi connectivity index (χ0n) is 22.9. The summed E-state index contributed by atoms with van der Waals surface area (Å²) in [7, 11) is 0. The van der Waals surface area contributed by atoms with Gasteiger partial charge in [0.15, 0.2) is 0 Å². The second kappa shape index (κ2) is 10.1. The molecule has 3 nitrogen and oxygen atoms in total. The lowest BCUT2D eigenvalue weighted by Gasteiger charge is -2.25. The maximum absolute atomic E-state index is 4.80. The van der Waals surface area contributed by atoms with Crippen LogP contribution in [0.1, 0.15) is 0 Å². The van der Waals surface area contributed by atoms with Crippen LogP contribution in [0.3, 0.4) is 0 Å². The third-order valence-electron chi connectivity index (χ3n) is 7.96. The van der Waals surface area contributed by atoms with Crippen LogP contribution in [0.4, 0.5) is 17.1 Å². The molecule has 0 saturated carbocycles. The summed E-state index contributed by atoms with van der Waals surface area (Å²) < 4.78 is 2.05. The van der Waals surface area contributed by atoms with E-state index in [1.165, 1.54) is 32.7 Å². The van der Waals surface area contributed by atoms with Crippen molar-refractivity contribution in [3.05, 3.63) is 164 Å². The Morgan fingerprint density at radius 3 is 1.71 bits per heavy atom. The molecule has 6 aromatic carbocycles. The first-order chi connectivity index (χ1) is 20.8. The summed E-state index contributed by atoms with van der Waals surface area (Å²) >= 11 is 0. The Hall–Kier alpha value is -5.67. The van der Waals surface area contributed by atoms with Crippen LogP contribution in [-0.2, 0) is 0 Å². The van der Waals surface area contributed by atoms with Crippen molar-refractivity contribution in [2.75, 3.05) is 4.90 Å². The van der Waals surface area contributed by atoms with E-state index in [4.69, 9.17) is 4.98 Å². The normalized spacial score (nSPS) is 11.3. The molecule has 2 aromatic heterocycles. The lowest BCUT2D eigenvalue weighted by molar-refractivity contribution is 1.19. The molecular weight excluding hydrogens is 510 g/mol. The van der Waals surface area contributed by atoms with Gasteiger partial charge in [-0.05, 0) is 99.4 Å². The molecule has 0 radical (unpaired) electrons. The van der Waals surface area contributed by atoms with Crippen molar-refractivity contribution in [3.8, 4) is 22.4 Å². The fourth-order valence-electron chi connectivity index (χ4n) is 5.80. The van der Waals surface area contributed by atoms with Crippen LogP contribution >= 0.6 is 0 Å². The third-order valence-corrected chi connectivity index (χ3v) is 7.96. The number of anilines is 3. The zero-order valence-corrected chi connectivity index (χ0v) is 22.9. The molecule has 198 valence electrons. The van der Waals surface area contributed by atoms with Crippen LogP contribution in [-0.4, -0.2) is 9.38 Å². The molecule has 42 heavy (non-hydrogen) atoms. The van der Waals surface area contributed by atoms with E-state index in [2.05, 4.69) is 149 Å². The molecule has 0 aliphatic rings. The number of imidazole rings is 1. The number of hydrogen-bond donors (Lipinski definition) is 0. The van der Waals surface area contributed by atoms with Crippen molar-refractivity contribution in [2.45, 2.75) is 0 Å². The molecule has 2 heterocycles. The van der Waals surface area contributed by atoms with Gasteiger partial charge in [0.05, 0.1) is 5.69 Å². The second-order valence-corrected chi connectivity index (χ2v) is 10.6. The van der Waals surface area contributed by atoms with Gasteiger partial charge < -0.3 is 9.30 Å². The molecule has 0 unspecified atom stereocenters. The van der Waals surface area contributed by atoms with E-state index >= 15 is 0 Å². The van der Waals surface area contributed by atoms with Crippen molar-refractivity contribution in [3.63, 3.8) is 0 Å². The van der Waals surface area contributed by atoms with Crippen molar-refractivity contribution in [1.82, 2.24) is 9.38 Å². The second-order valence-electron chi connectivity index (χ2n) is 10.6. The van der Waals surface area contributed by atoms with Gasteiger partial charge in [-0.2, -0.15) is 0 Å². The minimum Gasteiger partial charge on any atom is -0.311 e. The molecule has 8 aromatic rings. The highest BCUT2D eigenvalue weighted by Crippen LogP contribution is 2.37. The molecule has 8 rings (SSSR count). The number of nitrogens with zero attached hydrogens (tertiary/aromatic N) is 3. The molecule has 0 aliphatic heterocycles. The molecule has 0 bridgehead atoms. The molecule has 0 N–H and O–H groups in total. The van der Waals surface area contributed by atoms with Crippen molar-refractivity contribution in [1.29, 1.82) is 0 Å². The van der Waals surface area contributed by atoms with Gasteiger partial charge in [-0.15, -0.1) is 0 Å². The van der Waals surface area contributed by atoms with Crippen LogP contribution in [0, 0.1) is 0 Å². The molecular formula is C39H27N3. The summed E-state index contributed by atoms with van der Waals surface area (Å²) in [5.41, 5.74) is 8.74. The van der Waals surface area contributed by atoms with Gasteiger partial charge in [0.25, 0.3) is 0 Å². The van der Waals surface area contributed by atoms with E-state index in [-0.39, 0.29) is 0 Å². The average Bonchev–Trinajstić information content (AvgIpc) is 3.49. The van der Waals surface area contributed by atoms with E-state index in [1.807, 2.05) is 24.4 Å². The first-order valence-corrected chi connectivity index (χ1v) is 14.2. The average molecular weight is 538 g/mol. The van der Waals surface area contributed by atoms with Gasteiger partial charge in [0.2, 0.25) is 0 Å². The van der Waals surface area contributed by atoms with E-state index < -0.39 is 0 Å². The number of hydrogen-bond acceptors (Lipinski definition) is 2. The number of pyridine rings is 1. The maximum atomic E-state index is 4.80. The van der Waals surface area contributed by atoms with Gasteiger partial charge >= 0.3 is 0 Å².